The van der Waals surface area contributed by atoms with Crippen LogP contribution in [0.15, 0.2) is 73.0 Å². The molecule has 5 rings (SSSR count). The highest BCUT2D eigenvalue weighted by Crippen LogP contribution is 2.23. The minimum absolute atomic E-state index is 0.215. The van der Waals surface area contributed by atoms with Crippen LogP contribution in [0.4, 0.5) is 13.2 Å². The Kier molecular flexibility index (Phi) is 7.57. The largest absolute Gasteiger partial charge is 0.490 e. The summed E-state index contributed by atoms with van der Waals surface area (Å²) in [6.45, 7) is 0.504. The van der Waals surface area contributed by atoms with Crippen LogP contribution in [0.5, 0.6) is 0 Å². The standard InChI is InChI=1S/C21H17N7OS.C2HF3O2/c29-20(23-8-6-15-4-3-7-22-12-15)18-17-5-1-2-10-28(17)19(26-18)16-13-27(14-25-16)21-24-9-11-30-21;3-2(4,5)1(6)7/h1-5,7,9-14H,6,8H2,(H,23,29);(H,6,7). The second-order valence-corrected chi connectivity index (χ2v) is 8.26. The molecule has 37 heavy (non-hydrogen) atoms. The van der Waals surface area contributed by atoms with Crippen molar-refractivity contribution in [3.63, 3.8) is 0 Å². The summed E-state index contributed by atoms with van der Waals surface area (Å²) in [5, 5.41) is 12.8. The molecule has 0 radical (unpaired) electrons. The van der Waals surface area contributed by atoms with Crippen LogP contribution in [0, 0.1) is 0 Å². The predicted octanol–water partition coefficient (Wildman–Crippen LogP) is 3.64. The van der Waals surface area contributed by atoms with Crippen molar-refractivity contribution >= 4 is 28.7 Å². The molecule has 5 aromatic rings. The Morgan fingerprint density at radius 2 is 1.92 bits per heavy atom. The molecule has 0 saturated heterocycles. The molecule has 0 saturated carbocycles. The minimum Gasteiger partial charge on any atom is -0.475 e. The van der Waals surface area contributed by atoms with E-state index in [1.165, 1.54) is 11.3 Å². The molecule has 0 atom stereocenters. The van der Waals surface area contributed by atoms with Crippen LogP contribution in [0.25, 0.3) is 22.2 Å². The second-order valence-electron chi connectivity index (χ2n) is 7.39. The Morgan fingerprint density at radius 3 is 2.59 bits per heavy atom. The van der Waals surface area contributed by atoms with Gasteiger partial charge in [0.25, 0.3) is 5.91 Å². The highest BCUT2D eigenvalue weighted by atomic mass is 32.1. The van der Waals surface area contributed by atoms with Gasteiger partial charge in [0.15, 0.2) is 16.6 Å². The van der Waals surface area contributed by atoms with Crippen molar-refractivity contribution in [1.82, 2.24) is 34.2 Å². The number of nitrogens with one attached hydrogen (secondary N) is 1. The van der Waals surface area contributed by atoms with Gasteiger partial charge in [-0.05, 0) is 30.2 Å². The Labute approximate surface area is 211 Å². The Balaban J connectivity index is 0.000000405. The molecular formula is C23H18F3N7O3S. The van der Waals surface area contributed by atoms with Gasteiger partial charge in [-0.1, -0.05) is 12.1 Å². The van der Waals surface area contributed by atoms with Gasteiger partial charge in [-0.15, -0.1) is 11.3 Å². The summed E-state index contributed by atoms with van der Waals surface area (Å²) >= 11 is 1.52. The zero-order valence-electron chi connectivity index (χ0n) is 18.8. The Morgan fingerprint density at radius 1 is 1.11 bits per heavy atom. The van der Waals surface area contributed by atoms with Crippen molar-refractivity contribution in [2.75, 3.05) is 6.54 Å². The number of alkyl halides is 3. The van der Waals surface area contributed by atoms with Crippen LogP contribution >= 0.6 is 11.3 Å². The summed E-state index contributed by atoms with van der Waals surface area (Å²) < 4.78 is 35.5. The first-order valence-corrected chi connectivity index (χ1v) is 11.5. The van der Waals surface area contributed by atoms with Gasteiger partial charge in [-0.3, -0.25) is 18.7 Å². The molecule has 0 unspecified atom stereocenters. The molecule has 190 valence electrons. The lowest BCUT2D eigenvalue weighted by Crippen LogP contribution is -2.26. The quantitative estimate of drug-likeness (QED) is 0.344. The van der Waals surface area contributed by atoms with Crippen LogP contribution < -0.4 is 5.32 Å². The molecule has 10 nitrogen and oxygen atoms in total. The van der Waals surface area contributed by atoms with Crippen molar-refractivity contribution in [1.29, 1.82) is 0 Å². The summed E-state index contributed by atoms with van der Waals surface area (Å²) in [6.07, 6.45) is 6.35. The summed E-state index contributed by atoms with van der Waals surface area (Å²) in [5.74, 6) is -2.36. The van der Waals surface area contributed by atoms with Gasteiger partial charge in [-0.25, -0.2) is 19.7 Å². The number of thiazole rings is 1. The lowest BCUT2D eigenvalue weighted by Gasteiger charge is -2.03. The third kappa shape index (κ3) is 6.16. The maximum absolute atomic E-state index is 12.8. The van der Waals surface area contributed by atoms with Gasteiger partial charge in [0, 0.05) is 42.9 Å². The van der Waals surface area contributed by atoms with E-state index in [2.05, 4.69) is 25.3 Å². The van der Waals surface area contributed by atoms with E-state index in [9.17, 15) is 18.0 Å². The number of carbonyl (C=O) groups is 2. The van der Waals surface area contributed by atoms with E-state index in [-0.39, 0.29) is 5.91 Å². The van der Waals surface area contributed by atoms with Crippen molar-refractivity contribution < 1.29 is 27.9 Å². The van der Waals surface area contributed by atoms with E-state index < -0.39 is 12.1 Å². The first-order chi connectivity index (χ1) is 17.7. The number of pyridine rings is 2. The number of aliphatic carboxylic acids is 1. The molecule has 0 bridgehead atoms. The molecule has 2 N–H and O–H groups in total. The number of carboxylic acid groups (broad SMARTS) is 1. The SMILES string of the molecule is O=C(NCCc1cccnc1)c1nc(-c2cn(-c3nccs3)cn2)n2ccccc12.O=C(O)C(F)(F)F. The van der Waals surface area contributed by atoms with E-state index >= 15 is 0 Å². The fraction of sp³-hybridized carbons (Fsp3) is 0.130. The van der Waals surface area contributed by atoms with E-state index in [1.54, 1.807) is 24.9 Å². The van der Waals surface area contributed by atoms with E-state index in [1.807, 2.05) is 57.1 Å². The molecule has 0 aromatic carbocycles. The highest BCUT2D eigenvalue weighted by Gasteiger charge is 2.38. The number of aromatic nitrogens is 6. The summed E-state index contributed by atoms with van der Waals surface area (Å²) in [7, 11) is 0. The molecule has 5 aromatic heterocycles. The third-order valence-electron chi connectivity index (χ3n) is 4.88. The molecule has 0 aliphatic heterocycles. The number of hydrogen-bond donors (Lipinski definition) is 2. The molecule has 14 heteroatoms. The van der Waals surface area contributed by atoms with Gasteiger partial charge < -0.3 is 10.4 Å². The molecule has 0 aliphatic rings. The normalized spacial score (nSPS) is 11.1. The number of imidazole rings is 2. The maximum Gasteiger partial charge on any atom is 0.490 e. The molecule has 1 amide bonds. The molecule has 0 spiro atoms. The van der Waals surface area contributed by atoms with Gasteiger partial charge in [0.1, 0.15) is 12.0 Å². The average molecular weight is 530 g/mol. The number of rotatable bonds is 6. The van der Waals surface area contributed by atoms with Crippen molar-refractivity contribution in [2.24, 2.45) is 0 Å². The molecule has 0 aliphatic carbocycles. The van der Waals surface area contributed by atoms with Crippen LogP contribution in [0.3, 0.4) is 0 Å². The Hall–Kier alpha value is -4.59. The first kappa shape index (κ1) is 25.5. The lowest BCUT2D eigenvalue weighted by atomic mass is 10.2. The third-order valence-corrected chi connectivity index (χ3v) is 5.66. The van der Waals surface area contributed by atoms with Crippen LogP contribution in [-0.2, 0) is 11.2 Å². The van der Waals surface area contributed by atoms with Crippen molar-refractivity contribution in [3.05, 3.63) is 84.3 Å². The number of halogens is 3. The van der Waals surface area contributed by atoms with Crippen LogP contribution in [0.1, 0.15) is 16.1 Å². The molecule has 0 fully saturated rings. The zero-order valence-corrected chi connectivity index (χ0v) is 19.6. The van der Waals surface area contributed by atoms with Gasteiger partial charge >= 0.3 is 12.1 Å². The maximum atomic E-state index is 12.8. The number of carboxylic acids is 1. The first-order valence-electron chi connectivity index (χ1n) is 10.6. The fourth-order valence-corrected chi connectivity index (χ4v) is 3.81. The average Bonchev–Trinajstić information content (AvgIpc) is 3.64. The van der Waals surface area contributed by atoms with Gasteiger partial charge in [0.2, 0.25) is 0 Å². The van der Waals surface area contributed by atoms with E-state index in [0.29, 0.717) is 30.2 Å². The molecule has 5 heterocycles. The highest BCUT2D eigenvalue weighted by molar-refractivity contribution is 7.12. The number of fused-ring (bicyclic) bond motifs is 1. The topological polar surface area (TPSA) is 127 Å². The van der Waals surface area contributed by atoms with Gasteiger partial charge in [-0.2, -0.15) is 13.2 Å². The smallest absolute Gasteiger partial charge is 0.475 e. The summed E-state index contributed by atoms with van der Waals surface area (Å²) in [6, 6.07) is 9.55. The van der Waals surface area contributed by atoms with E-state index in [4.69, 9.17) is 9.90 Å². The lowest BCUT2D eigenvalue weighted by molar-refractivity contribution is -0.192. The van der Waals surface area contributed by atoms with Crippen LogP contribution in [0.2, 0.25) is 0 Å². The molecular weight excluding hydrogens is 511 g/mol. The summed E-state index contributed by atoms with van der Waals surface area (Å²) in [5.41, 5.74) is 2.84. The number of amides is 1. The minimum atomic E-state index is -5.08. The van der Waals surface area contributed by atoms with Crippen molar-refractivity contribution in [2.45, 2.75) is 12.6 Å². The van der Waals surface area contributed by atoms with E-state index in [0.717, 1.165) is 16.2 Å². The zero-order chi connectivity index (χ0) is 26.4. The predicted molar refractivity (Wildman–Crippen MR) is 127 cm³/mol. The monoisotopic (exact) mass is 529 g/mol. The summed E-state index contributed by atoms with van der Waals surface area (Å²) in [4.78, 5) is 39.2. The van der Waals surface area contributed by atoms with Crippen molar-refractivity contribution in [3.8, 4) is 16.6 Å². The fourth-order valence-electron chi connectivity index (χ4n) is 3.22. The number of nitrogens with zero attached hydrogens (tertiary/aromatic N) is 6. The van der Waals surface area contributed by atoms with Gasteiger partial charge in [0.05, 0.1) is 5.52 Å². The number of hydrogen-bond acceptors (Lipinski definition) is 7. The number of carbonyl (C=O) groups excluding carboxylic acids is 1. The Bertz CT molecular complexity index is 1500. The second kappa shape index (κ2) is 11.0. The van der Waals surface area contributed by atoms with Crippen LogP contribution in [-0.4, -0.2) is 58.6 Å².